The van der Waals surface area contributed by atoms with Gasteiger partial charge in [0.2, 0.25) is 0 Å². The number of carbonyl (C=O) groups excluding carboxylic acids is 2. The van der Waals surface area contributed by atoms with E-state index in [-0.39, 0.29) is 41.1 Å². The summed E-state index contributed by atoms with van der Waals surface area (Å²) in [5.41, 5.74) is 5.08. The van der Waals surface area contributed by atoms with Crippen LogP contribution in [0.15, 0.2) is 30.5 Å². The number of nitrogens with one attached hydrogen (secondary N) is 2. The lowest BCUT2D eigenvalue weighted by molar-refractivity contribution is -0.385. The van der Waals surface area contributed by atoms with E-state index in [1.807, 2.05) is 0 Å². The van der Waals surface area contributed by atoms with Gasteiger partial charge in [0.1, 0.15) is 12.0 Å². The summed E-state index contributed by atoms with van der Waals surface area (Å²) in [5, 5.41) is 16.8. The lowest BCUT2D eigenvalue weighted by Gasteiger charge is -2.10. The maximum atomic E-state index is 12.0. The highest BCUT2D eigenvalue weighted by Gasteiger charge is 2.16. The Balaban J connectivity index is 1.95. The van der Waals surface area contributed by atoms with E-state index in [2.05, 4.69) is 15.6 Å². The molecular formula is C15H13Cl2N5O4. The number of nitrogens with zero attached hydrogens (tertiary/aromatic N) is 2. The summed E-state index contributed by atoms with van der Waals surface area (Å²) in [5.74, 6) is -1.13. The van der Waals surface area contributed by atoms with Crippen molar-refractivity contribution in [1.29, 1.82) is 0 Å². The average Bonchev–Trinajstić information content (AvgIpc) is 2.60. The molecule has 0 spiro atoms. The van der Waals surface area contributed by atoms with Gasteiger partial charge in [0.25, 0.3) is 17.5 Å². The molecule has 0 fully saturated rings. The van der Waals surface area contributed by atoms with Crippen molar-refractivity contribution in [2.45, 2.75) is 0 Å². The van der Waals surface area contributed by atoms with Crippen LogP contribution in [0.1, 0.15) is 20.7 Å². The molecule has 26 heavy (non-hydrogen) atoms. The van der Waals surface area contributed by atoms with Gasteiger partial charge in [0.15, 0.2) is 0 Å². The van der Waals surface area contributed by atoms with E-state index in [1.54, 1.807) is 0 Å². The molecule has 0 bridgehead atoms. The number of rotatable bonds is 7. The van der Waals surface area contributed by atoms with E-state index >= 15 is 0 Å². The predicted molar refractivity (Wildman–Crippen MR) is 96.7 cm³/mol. The summed E-state index contributed by atoms with van der Waals surface area (Å²) >= 11 is 11.6. The number of benzene rings is 1. The summed E-state index contributed by atoms with van der Waals surface area (Å²) in [7, 11) is 0. The third kappa shape index (κ3) is 4.80. The molecule has 0 atom stereocenters. The van der Waals surface area contributed by atoms with Crippen LogP contribution in [-0.4, -0.2) is 34.8 Å². The van der Waals surface area contributed by atoms with Gasteiger partial charge in [-0.15, -0.1) is 0 Å². The van der Waals surface area contributed by atoms with Crippen LogP contribution in [0, 0.1) is 10.1 Å². The number of halogens is 2. The normalized spacial score (nSPS) is 10.2. The largest absolute Gasteiger partial charge is 0.368 e. The molecule has 136 valence electrons. The Labute approximate surface area is 157 Å². The second-order valence-electron chi connectivity index (χ2n) is 5.02. The van der Waals surface area contributed by atoms with Crippen molar-refractivity contribution in [3.05, 3.63) is 61.7 Å². The molecule has 0 aliphatic rings. The number of anilines is 1. The zero-order valence-corrected chi connectivity index (χ0v) is 14.7. The minimum Gasteiger partial charge on any atom is -0.368 e. The third-order valence-corrected chi connectivity index (χ3v) is 3.97. The highest BCUT2D eigenvalue weighted by atomic mass is 35.5. The Morgan fingerprint density at radius 2 is 1.92 bits per heavy atom. The van der Waals surface area contributed by atoms with Crippen LogP contribution in [0.25, 0.3) is 0 Å². The lowest BCUT2D eigenvalue weighted by Crippen LogP contribution is -2.29. The quantitative estimate of drug-likeness (QED) is 0.371. The molecule has 0 aliphatic heterocycles. The Hall–Kier alpha value is -2.91. The number of amides is 2. The molecule has 1 aromatic heterocycles. The number of aromatic nitrogens is 1. The Morgan fingerprint density at radius 1 is 1.19 bits per heavy atom. The molecule has 2 rings (SSSR count). The molecule has 4 N–H and O–H groups in total. The van der Waals surface area contributed by atoms with Crippen LogP contribution in [0.5, 0.6) is 0 Å². The third-order valence-electron chi connectivity index (χ3n) is 3.23. The van der Waals surface area contributed by atoms with Crippen molar-refractivity contribution >= 4 is 46.5 Å². The second-order valence-corrected chi connectivity index (χ2v) is 5.84. The Morgan fingerprint density at radius 3 is 2.54 bits per heavy atom. The van der Waals surface area contributed by atoms with Gasteiger partial charge in [-0.05, 0) is 18.2 Å². The SMILES string of the molecule is NC(=O)c1cc([N+](=O)[O-])cnc1NCCNC(=O)c1ccc(Cl)c(Cl)c1. The fourth-order valence-electron chi connectivity index (χ4n) is 1.98. The van der Waals surface area contributed by atoms with Crippen molar-refractivity contribution in [1.82, 2.24) is 10.3 Å². The van der Waals surface area contributed by atoms with Crippen LogP contribution in [0.4, 0.5) is 11.5 Å². The van der Waals surface area contributed by atoms with Crippen LogP contribution >= 0.6 is 23.2 Å². The van der Waals surface area contributed by atoms with Crippen LogP contribution in [0.2, 0.25) is 10.0 Å². The first kappa shape index (κ1) is 19.4. The molecule has 11 heteroatoms. The van der Waals surface area contributed by atoms with Crippen molar-refractivity contribution in [2.24, 2.45) is 5.73 Å². The summed E-state index contributed by atoms with van der Waals surface area (Å²) in [6, 6.07) is 5.51. The number of primary amides is 1. The topological polar surface area (TPSA) is 140 Å². The summed E-state index contributed by atoms with van der Waals surface area (Å²) in [4.78, 5) is 37.3. The second kappa shape index (κ2) is 8.45. The van der Waals surface area contributed by atoms with E-state index in [4.69, 9.17) is 28.9 Å². The Bertz CT molecular complexity index is 875. The molecule has 2 amide bonds. The smallest absolute Gasteiger partial charge is 0.288 e. The minimum atomic E-state index is -0.858. The van der Waals surface area contributed by atoms with Crippen molar-refractivity contribution in [2.75, 3.05) is 18.4 Å². The minimum absolute atomic E-state index is 0.0897. The number of nitro groups is 1. The zero-order valence-electron chi connectivity index (χ0n) is 13.2. The zero-order chi connectivity index (χ0) is 19.3. The monoisotopic (exact) mass is 397 g/mol. The lowest BCUT2D eigenvalue weighted by atomic mass is 10.2. The van der Waals surface area contributed by atoms with Crippen molar-refractivity contribution < 1.29 is 14.5 Å². The van der Waals surface area contributed by atoms with Crippen LogP contribution in [-0.2, 0) is 0 Å². The highest BCUT2D eigenvalue weighted by molar-refractivity contribution is 6.42. The number of nitrogens with two attached hydrogens (primary N) is 1. The first-order chi connectivity index (χ1) is 12.3. The number of hydrogen-bond acceptors (Lipinski definition) is 6. The fourth-order valence-corrected chi connectivity index (χ4v) is 2.28. The maximum absolute atomic E-state index is 12.0. The highest BCUT2D eigenvalue weighted by Crippen LogP contribution is 2.22. The van der Waals surface area contributed by atoms with Gasteiger partial charge in [-0.1, -0.05) is 23.2 Å². The van der Waals surface area contributed by atoms with Crippen LogP contribution < -0.4 is 16.4 Å². The number of carbonyl (C=O) groups is 2. The van der Waals surface area contributed by atoms with Gasteiger partial charge in [0.05, 0.1) is 20.5 Å². The van der Waals surface area contributed by atoms with Gasteiger partial charge in [-0.25, -0.2) is 4.98 Å². The van der Waals surface area contributed by atoms with Crippen molar-refractivity contribution in [3.63, 3.8) is 0 Å². The van der Waals surface area contributed by atoms with E-state index in [0.717, 1.165) is 12.3 Å². The molecular weight excluding hydrogens is 385 g/mol. The van der Waals surface area contributed by atoms with Crippen LogP contribution in [0.3, 0.4) is 0 Å². The standard InChI is InChI=1S/C15H13Cl2N5O4/c16-11-2-1-8(5-12(11)17)15(24)20-4-3-19-14-10(13(18)23)6-9(7-21-14)22(25)26/h1-2,5-7H,3-4H2,(H2,18,23)(H,19,21)(H,20,24). The molecule has 1 heterocycles. The molecule has 0 aliphatic carbocycles. The van der Waals surface area contributed by atoms with Crippen molar-refractivity contribution in [3.8, 4) is 0 Å². The predicted octanol–water partition coefficient (Wildman–Crippen LogP) is 2.24. The van der Waals surface area contributed by atoms with Gasteiger partial charge < -0.3 is 16.4 Å². The molecule has 1 aromatic carbocycles. The molecule has 0 unspecified atom stereocenters. The van der Waals surface area contributed by atoms with Gasteiger partial charge in [-0.3, -0.25) is 19.7 Å². The summed E-state index contributed by atoms with van der Waals surface area (Å²) < 4.78 is 0. The summed E-state index contributed by atoms with van der Waals surface area (Å²) in [6.45, 7) is 0.397. The molecule has 0 saturated heterocycles. The molecule has 2 aromatic rings. The average molecular weight is 398 g/mol. The first-order valence-corrected chi connectivity index (χ1v) is 7.96. The van der Waals surface area contributed by atoms with E-state index in [1.165, 1.54) is 18.2 Å². The number of pyridine rings is 1. The van der Waals surface area contributed by atoms with E-state index in [9.17, 15) is 19.7 Å². The van der Waals surface area contributed by atoms with Gasteiger partial charge >= 0.3 is 0 Å². The Kier molecular flexibility index (Phi) is 6.31. The van der Waals surface area contributed by atoms with Gasteiger partial charge in [0, 0.05) is 24.7 Å². The number of hydrogen-bond donors (Lipinski definition) is 3. The van der Waals surface area contributed by atoms with E-state index in [0.29, 0.717) is 10.6 Å². The molecule has 9 nitrogen and oxygen atoms in total. The maximum Gasteiger partial charge on any atom is 0.288 e. The summed E-state index contributed by atoms with van der Waals surface area (Å²) in [6.07, 6.45) is 1.00. The van der Waals surface area contributed by atoms with Gasteiger partial charge in [-0.2, -0.15) is 0 Å². The fraction of sp³-hybridized carbons (Fsp3) is 0.133. The molecule has 0 radical (unpaired) electrons. The first-order valence-electron chi connectivity index (χ1n) is 7.21. The van der Waals surface area contributed by atoms with E-state index < -0.39 is 10.8 Å². The molecule has 0 saturated carbocycles.